The van der Waals surface area contributed by atoms with Crippen LogP contribution in [0.5, 0.6) is 0 Å². The number of hydrogen-bond donors (Lipinski definition) is 0. The van der Waals surface area contributed by atoms with Gasteiger partial charge in [-0.05, 0) is 30.3 Å². The molecule has 0 radical (unpaired) electrons. The quantitative estimate of drug-likeness (QED) is 0.302. The van der Waals surface area contributed by atoms with Crippen LogP contribution in [0.25, 0.3) is 38.8 Å². The van der Waals surface area contributed by atoms with Gasteiger partial charge >= 0.3 is 0 Å². The van der Waals surface area contributed by atoms with Crippen molar-refractivity contribution in [2.45, 2.75) is 0 Å². The van der Waals surface area contributed by atoms with Crippen LogP contribution in [0.2, 0.25) is 0 Å². The molecule has 0 unspecified atom stereocenters. The Morgan fingerprint density at radius 3 is 1.89 bits per heavy atom. The molecule has 0 spiro atoms. The fourth-order valence-electron chi connectivity index (χ4n) is 3.65. The van der Waals surface area contributed by atoms with Gasteiger partial charge in [0.25, 0.3) is 5.69 Å². The van der Waals surface area contributed by atoms with Crippen LogP contribution in [0.15, 0.2) is 91.1 Å². The van der Waals surface area contributed by atoms with Gasteiger partial charge < -0.3 is 4.57 Å². The second kappa shape index (κ2) is 6.32. The largest absolute Gasteiger partial charge is 0.309 e. The molecule has 0 N–H and O–H groups in total. The van der Waals surface area contributed by atoms with E-state index in [1.807, 2.05) is 24.3 Å². The van der Waals surface area contributed by atoms with E-state index < -0.39 is 4.92 Å². The van der Waals surface area contributed by atoms with E-state index in [-0.39, 0.29) is 5.69 Å². The molecule has 0 aliphatic heterocycles. The number of para-hydroxylation sites is 2. The molecule has 0 aliphatic carbocycles. The van der Waals surface area contributed by atoms with Crippen LogP contribution >= 0.6 is 0 Å². The number of nitro groups is 1. The van der Waals surface area contributed by atoms with E-state index in [1.165, 1.54) is 23.0 Å². The Morgan fingerprint density at radius 2 is 1.36 bits per heavy atom. The van der Waals surface area contributed by atoms with Crippen LogP contribution in [-0.4, -0.2) is 14.5 Å². The molecular weight excluding hydrogens is 350 g/mol. The molecule has 2 aromatic heterocycles. The van der Waals surface area contributed by atoms with Crippen molar-refractivity contribution in [2.24, 2.45) is 0 Å². The predicted molar refractivity (Wildman–Crippen MR) is 111 cm³/mol. The molecule has 0 amide bonds. The van der Waals surface area contributed by atoms with Gasteiger partial charge in [-0.25, -0.2) is 4.98 Å². The third-order valence-corrected chi connectivity index (χ3v) is 4.96. The topological polar surface area (TPSA) is 61.0 Å². The van der Waals surface area contributed by atoms with Crippen LogP contribution in [-0.2, 0) is 0 Å². The summed E-state index contributed by atoms with van der Waals surface area (Å²) < 4.78 is 2.25. The number of aromatic nitrogens is 2. The zero-order chi connectivity index (χ0) is 19.1. The molecule has 5 heteroatoms. The number of benzene rings is 3. The van der Waals surface area contributed by atoms with E-state index >= 15 is 0 Å². The minimum absolute atomic E-state index is 0.00866. The van der Waals surface area contributed by atoms with Crippen molar-refractivity contribution >= 4 is 27.5 Å². The Hall–Kier alpha value is -3.99. The average Bonchev–Trinajstić information content (AvgIpc) is 3.08. The predicted octanol–water partition coefficient (Wildman–Crippen LogP) is 5.75. The summed E-state index contributed by atoms with van der Waals surface area (Å²) in [6.07, 6.45) is 1.29. The van der Waals surface area contributed by atoms with E-state index in [0.717, 1.165) is 22.3 Å². The number of rotatable bonds is 3. The van der Waals surface area contributed by atoms with Crippen LogP contribution in [0.1, 0.15) is 0 Å². The van der Waals surface area contributed by atoms with E-state index in [2.05, 4.69) is 58.1 Å². The third-order valence-electron chi connectivity index (χ3n) is 4.96. The van der Waals surface area contributed by atoms with Crippen LogP contribution in [0, 0.1) is 10.1 Å². The van der Waals surface area contributed by atoms with Crippen LogP contribution in [0.4, 0.5) is 5.69 Å². The molecule has 3 aromatic carbocycles. The van der Waals surface area contributed by atoms with Gasteiger partial charge in [0.2, 0.25) is 0 Å². The maximum Gasteiger partial charge on any atom is 0.287 e. The van der Waals surface area contributed by atoms with Crippen molar-refractivity contribution in [3.8, 4) is 16.9 Å². The summed E-state index contributed by atoms with van der Waals surface area (Å²) in [4.78, 5) is 14.6. The highest BCUT2D eigenvalue weighted by molar-refractivity contribution is 6.09. The number of nitrogens with zero attached hydrogens (tertiary/aromatic N) is 3. The number of hydrogen-bond acceptors (Lipinski definition) is 3. The highest BCUT2D eigenvalue weighted by Gasteiger charge is 2.12. The molecular formula is C23H15N3O2. The minimum atomic E-state index is -0.442. The molecule has 0 atom stereocenters. The van der Waals surface area contributed by atoms with Crippen molar-refractivity contribution in [1.29, 1.82) is 0 Å². The highest BCUT2D eigenvalue weighted by atomic mass is 16.6. The van der Waals surface area contributed by atoms with Gasteiger partial charge in [-0.1, -0.05) is 48.5 Å². The standard InChI is InChI=1S/C23H15N3O2/c27-26(28)18-13-14-21(24-15-18)16-9-11-17(12-10-16)25-22-7-3-1-5-19(22)20-6-2-4-8-23(20)25/h1-15H. The number of pyridine rings is 1. The van der Waals surface area contributed by atoms with Crippen molar-refractivity contribution in [3.05, 3.63) is 101 Å². The summed E-state index contributed by atoms with van der Waals surface area (Å²) in [6, 6.07) is 28.0. The second-order valence-electron chi connectivity index (χ2n) is 6.58. The van der Waals surface area contributed by atoms with E-state index in [9.17, 15) is 10.1 Å². The molecule has 5 aromatic rings. The zero-order valence-corrected chi connectivity index (χ0v) is 14.8. The first-order valence-corrected chi connectivity index (χ1v) is 8.92. The monoisotopic (exact) mass is 365 g/mol. The summed E-state index contributed by atoms with van der Waals surface area (Å²) >= 11 is 0. The van der Waals surface area contributed by atoms with Crippen LogP contribution in [0.3, 0.4) is 0 Å². The molecule has 134 valence electrons. The van der Waals surface area contributed by atoms with Gasteiger partial charge in [0.05, 0.1) is 21.7 Å². The maximum atomic E-state index is 10.8. The molecule has 5 nitrogen and oxygen atoms in total. The summed E-state index contributed by atoms with van der Waals surface area (Å²) in [6.45, 7) is 0. The fourth-order valence-corrected chi connectivity index (χ4v) is 3.65. The Kier molecular flexibility index (Phi) is 3.66. The lowest BCUT2D eigenvalue weighted by Crippen LogP contribution is -1.94. The van der Waals surface area contributed by atoms with Gasteiger partial charge in [-0.3, -0.25) is 10.1 Å². The Balaban J connectivity index is 1.62. The van der Waals surface area contributed by atoms with E-state index in [1.54, 1.807) is 6.07 Å². The normalized spacial score (nSPS) is 11.1. The summed E-state index contributed by atoms with van der Waals surface area (Å²) in [5, 5.41) is 13.2. The van der Waals surface area contributed by atoms with E-state index in [0.29, 0.717) is 5.69 Å². The number of fused-ring (bicyclic) bond motifs is 3. The first kappa shape index (κ1) is 16.2. The average molecular weight is 365 g/mol. The lowest BCUT2D eigenvalue weighted by Gasteiger charge is -2.09. The van der Waals surface area contributed by atoms with Crippen molar-refractivity contribution in [3.63, 3.8) is 0 Å². The first-order valence-electron chi connectivity index (χ1n) is 8.92. The van der Waals surface area contributed by atoms with Gasteiger partial charge in [0.1, 0.15) is 6.20 Å². The summed E-state index contributed by atoms with van der Waals surface area (Å²) in [7, 11) is 0. The third kappa shape index (κ3) is 2.53. The Labute approximate surface area is 160 Å². The lowest BCUT2D eigenvalue weighted by molar-refractivity contribution is -0.385. The first-order chi connectivity index (χ1) is 13.7. The molecule has 0 bridgehead atoms. The smallest absolute Gasteiger partial charge is 0.287 e. The molecule has 0 fully saturated rings. The molecule has 28 heavy (non-hydrogen) atoms. The SMILES string of the molecule is O=[N+]([O-])c1ccc(-c2ccc(-n3c4ccccc4c4ccccc43)cc2)nc1. The van der Waals surface area contributed by atoms with Crippen LogP contribution < -0.4 is 0 Å². The fraction of sp³-hybridized carbons (Fsp3) is 0. The van der Waals surface area contributed by atoms with Crippen molar-refractivity contribution in [1.82, 2.24) is 9.55 Å². The molecule has 0 aliphatic rings. The summed E-state index contributed by atoms with van der Waals surface area (Å²) in [5.41, 5.74) is 4.99. The Bertz CT molecular complexity index is 1270. The Morgan fingerprint density at radius 1 is 0.750 bits per heavy atom. The lowest BCUT2D eigenvalue weighted by atomic mass is 10.1. The van der Waals surface area contributed by atoms with Gasteiger partial charge in [0.15, 0.2) is 0 Å². The van der Waals surface area contributed by atoms with Gasteiger partial charge in [-0.2, -0.15) is 0 Å². The highest BCUT2D eigenvalue weighted by Crippen LogP contribution is 2.32. The molecule has 0 saturated carbocycles. The minimum Gasteiger partial charge on any atom is -0.309 e. The molecule has 2 heterocycles. The summed E-state index contributed by atoms with van der Waals surface area (Å²) in [5.74, 6) is 0. The maximum absolute atomic E-state index is 10.8. The van der Waals surface area contributed by atoms with Gasteiger partial charge in [-0.15, -0.1) is 0 Å². The van der Waals surface area contributed by atoms with E-state index in [4.69, 9.17) is 0 Å². The zero-order valence-electron chi connectivity index (χ0n) is 14.8. The second-order valence-corrected chi connectivity index (χ2v) is 6.58. The molecule has 0 saturated heterocycles. The molecule has 5 rings (SSSR count). The van der Waals surface area contributed by atoms with Gasteiger partial charge in [0, 0.05) is 28.1 Å². The van der Waals surface area contributed by atoms with Crippen molar-refractivity contribution in [2.75, 3.05) is 0 Å². The van der Waals surface area contributed by atoms with Crippen molar-refractivity contribution < 1.29 is 4.92 Å².